The number of hydrogen-bond donors (Lipinski definition) is 1. The number of halogens is 2. The second-order valence-electron chi connectivity index (χ2n) is 4.12. The molecule has 2 aromatic carbocycles. The molecule has 2 rings (SSSR count). The summed E-state index contributed by atoms with van der Waals surface area (Å²) in [6.07, 6.45) is 1.39. The highest BCUT2D eigenvalue weighted by Crippen LogP contribution is 2.14. The number of hydrogen-bond acceptors (Lipinski definition) is 3. The number of carbonyl (C=O) groups is 1. The van der Waals surface area contributed by atoms with Crippen molar-refractivity contribution in [1.29, 1.82) is 0 Å². The molecule has 0 heterocycles. The van der Waals surface area contributed by atoms with Gasteiger partial charge in [-0.05, 0) is 35.9 Å². The lowest BCUT2D eigenvalue weighted by atomic mass is 10.2. The van der Waals surface area contributed by atoms with Crippen molar-refractivity contribution in [2.45, 2.75) is 0 Å². The van der Waals surface area contributed by atoms with Crippen molar-refractivity contribution in [2.24, 2.45) is 5.16 Å². The monoisotopic (exact) mass is 306 g/mol. The maximum absolute atomic E-state index is 12.7. The van der Waals surface area contributed by atoms with E-state index < -0.39 is 0 Å². The molecule has 0 unspecified atom stereocenters. The summed E-state index contributed by atoms with van der Waals surface area (Å²) >= 11 is 5.80. The van der Waals surface area contributed by atoms with E-state index in [0.29, 0.717) is 16.3 Å². The average molecular weight is 307 g/mol. The Labute approximate surface area is 126 Å². The molecule has 4 nitrogen and oxygen atoms in total. The van der Waals surface area contributed by atoms with Crippen molar-refractivity contribution in [2.75, 3.05) is 11.9 Å². The Bertz CT molecular complexity index is 644. The Hall–Kier alpha value is -2.40. The van der Waals surface area contributed by atoms with Gasteiger partial charge < -0.3 is 10.2 Å². The fourth-order valence-corrected chi connectivity index (χ4v) is 1.70. The van der Waals surface area contributed by atoms with Gasteiger partial charge >= 0.3 is 0 Å². The Morgan fingerprint density at radius 1 is 1.29 bits per heavy atom. The van der Waals surface area contributed by atoms with Crippen molar-refractivity contribution in [3.63, 3.8) is 0 Å². The van der Waals surface area contributed by atoms with Gasteiger partial charge in [0.1, 0.15) is 5.82 Å². The third kappa shape index (κ3) is 5.24. The lowest BCUT2D eigenvalue weighted by Gasteiger charge is -2.04. The van der Waals surface area contributed by atoms with Crippen LogP contribution in [0.15, 0.2) is 53.7 Å². The zero-order valence-electron chi connectivity index (χ0n) is 10.9. The quantitative estimate of drug-likeness (QED) is 0.679. The molecule has 2 aromatic rings. The number of amides is 1. The highest BCUT2D eigenvalue weighted by atomic mass is 35.5. The van der Waals surface area contributed by atoms with Crippen LogP contribution in [0.25, 0.3) is 0 Å². The van der Waals surface area contributed by atoms with E-state index in [1.807, 2.05) is 0 Å². The van der Waals surface area contributed by atoms with Crippen LogP contribution in [0.2, 0.25) is 5.02 Å². The van der Waals surface area contributed by atoms with Gasteiger partial charge in [0.25, 0.3) is 5.91 Å². The number of benzene rings is 2. The molecular formula is C15H12ClFN2O2. The van der Waals surface area contributed by atoms with Crippen molar-refractivity contribution >= 4 is 29.4 Å². The van der Waals surface area contributed by atoms with Crippen LogP contribution in [0, 0.1) is 5.82 Å². The number of anilines is 1. The van der Waals surface area contributed by atoms with E-state index in [0.717, 1.165) is 0 Å². The molecule has 0 saturated carbocycles. The number of rotatable bonds is 5. The molecular weight excluding hydrogens is 295 g/mol. The summed E-state index contributed by atoms with van der Waals surface area (Å²) in [7, 11) is 0. The SMILES string of the molecule is O=C(CO/N=C/c1ccc(F)cc1)Nc1cccc(Cl)c1. The van der Waals surface area contributed by atoms with Crippen molar-refractivity contribution in [3.05, 3.63) is 64.9 Å². The van der Waals surface area contributed by atoms with E-state index in [1.54, 1.807) is 36.4 Å². The maximum Gasteiger partial charge on any atom is 0.265 e. The van der Waals surface area contributed by atoms with Crippen LogP contribution < -0.4 is 5.32 Å². The third-order valence-electron chi connectivity index (χ3n) is 2.45. The summed E-state index contributed by atoms with van der Waals surface area (Å²) in [5.41, 5.74) is 1.25. The van der Waals surface area contributed by atoms with E-state index in [9.17, 15) is 9.18 Å². The lowest BCUT2D eigenvalue weighted by molar-refractivity contribution is -0.120. The van der Waals surface area contributed by atoms with Gasteiger partial charge in [0.2, 0.25) is 0 Å². The second kappa shape index (κ2) is 7.40. The molecule has 0 saturated heterocycles. The number of nitrogens with one attached hydrogen (secondary N) is 1. The average Bonchev–Trinajstić information content (AvgIpc) is 2.45. The molecule has 1 amide bonds. The molecule has 0 aliphatic rings. The second-order valence-corrected chi connectivity index (χ2v) is 4.55. The van der Waals surface area contributed by atoms with E-state index in [4.69, 9.17) is 16.4 Å². The molecule has 21 heavy (non-hydrogen) atoms. The summed E-state index contributed by atoms with van der Waals surface area (Å²) in [6, 6.07) is 12.5. The molecule has 0 aromatic heterocycles. The normalized spacial score (nSPS) is 10.6. The first-order valence-corrected chi connectivity index (χ1v) is 6.47. The summed E-state index contributed by atoms with van der Waals surface area (Å²) in [5.74, 6) is -0.678. The number of oxime groups is 1. The predicted molar refractivity (Wildman–Crippen MR) is 80.0 cm³/mol. The molecule has 108 valence electrons. The van der Waals surface area contributed by atoms with Crippen LogP contribution in [0.4, 0.5) is 10.1 Å². The smallest absolute Gasteiger partial charge is 0.265 e. The van der Waals surface area contributed by atoms with Gasteiger partial charge in [-0.25, -0.2) is 4.39 Å². The summed E-state index contributed by atoms with van der Waals surface area (Å²) < 4.78 is 12.7. The van der Waals surface area contributed by atoms with Crippen LogP contribution >= 0.6 is 11.6 Å². The van der Waals surface area contributed by atoms with Crippen LogP contribution in [0.3, 0.4) is 0 Å². The van der Waals surface area contributed by atoms with Gasteiger partial charge in [-0.15, -0.1) is 0 Å². The summed E-state index contributed by atoms with van der Waals surface area (Å²) in [5, 5.41) is 6.78. The van der Waals surface area contributed by atoms with E-state index in [2.05, 4.69) is 10.5 Å². The topological polar surface area (TPSA) is 50.7 Å². The standard InChI is InChI=1S/C15H12ClFN2O2/c16-12-2-1-3-14(8-12)19-15(20)10-21-18-9-11-4-6-13(17)7-5-11/h1-9H,10H2,(H,19,20)/b18-9+. The van der Waals surface area contributed by atoms with Gasteiger partial charge in [-0.1, -0.05) is 35.0 Å². The fraction of sp³-hybridized carbons (Fsp3) is 0.0667. The highest BCUT2D eigenvalue weighted by Gasteiger charge is 2.02. The van der Waals surface area contributed by atoms with Crippen LogP contribution in [-0.4, -0.2) is 18.7 Å². The Morgan fingerprint density at radius 3 is 2.76 bits per heavy atom. The van der Waals surface area contributed by atoms with Crippen molar-refractivity contribution < 1.29 is 14.0 Å². The fourth-order valence-electron chi connectivity index (χ4n) is 1.51. The summed E-state index contributed by atoms with van der Waals surface area (Å²) in [6.45, 7) is -0.232. The Morgan fingerprint density at radius 2 is 2.05 bits per heavy atom. The van der Waals surface area contributed by atoms with E-state index in [-0.39, 0.29) is 18.3 Å². The zero-order chi connectivity index (χ0) is 15.1. The first-order chi connectivity index (χ1) is 10.1. The molecule has 0 fully saturated rings. The molecule has 0 radical (unpaired) electrons. The van der Waals surface area contributed by atoms with E-state index >= 15 is 0 Å². The van der Waals surface area contributed by atoms with Gasteiger partial charge in [-0.3, -0.25) is 4.79 Å². The van der Waals surface area contributed by atoms with Gasteiger partial charge in [0, 0.05) is 10.7 Å². The molecule has 0 spiro atoms. The predicted octanol–water partition coefficient (Wildman–Crippen LogP) is 3.47. The summed E-state index contributed by atoms with van der Waals surface area (Å²) in [4.78, 5) is 16.4. The number of nitrogens with zero attached hydrogens (tertiary/aromatic N) is 1. The molecule has 0 aliphatic carbocycles. The van der Waals surface area contributed by atoms with Crippen molar-refractivity contribution in [1.82, 2.24) is 0 Å². The first-order valence-electron chi connectivity index (χ1n) is 6.10. The Kier molecular flexibility index (Phi) is 5.29. The molecule has 0 aliphatic heterocycles. The molecule has 0 bridgehead atoms. The lowest BCUT2D eigenvalue weighted by Crippen LogP contribution is -2.16. The van der Waals surface area contributed by atoms with Crippen molar-refractivity contribution in [3.8, 4) is 0 Å². The third-order valence-corrected chi connectivity index (χ3v) is 2.69. The van der Waals surface area contributed by atoms with Crippen LogP contribution in [0.5, 0.6) is 0 Å². The number of carbonyl (C=O) groups excluding carboxylic acids is 1. The minimum absolute atomic E-state index is 0.232. The zero-order valence-corrected chi connectivity index (χ0v) is 11.7. The minimum Gasteiger partial charge on any atom is -0.386 e. The van der Waals surface area contributed by atoms with E-state index in [1.165, 1.54) is 18.3 Å². The van der Waals surface area contributed by atoms with Crippen LogP contribution in [-0.2, 0) is 9.63 Å². The Balaban J connectivity index is 1.78. The minimum atomic E-state index is -0.353. The first kappa shape index (κ1) is 15.0. The highest BCUT2D eigenvalue weighted by molar-refractivity contribution is 6.30. The van der Waals surface area contributed by atoms with Gasteiger partial charge in [-0.2, -0.15) is 0 Å². The van der Waals surface area contributed by atoms with Crippen LogP contribution in [0.1, 0.15) is 5.56 Å². The molecule has 1 N–H and O–H groups in total. The largest absolute Gasteiger partial charge is 0.386 e. The van der Waals surface area contributed by atoms with Gasteiger partial charge in [0.05, 0.1) is 6.21 Å². The molecule has 6 heteroatoms. The maximum atomic E-state index is 12.7. The molecule has 0 atom stereocenters. The van der Waals surface area contributed by atoms with Gasteiger partial charge in [0.15, 0.2) is 6.61 Å².